The third kappa shape index (κ3) is 3.45. The smallest absolute Gasteiger partial charge is 0.405 e. The minimum atomic E-state index is -1.18. The molecular weight excluding hydrogens is 202 g/mol. The van der Waals surface area contributed by atoms with E-state index in [1.165, 1.54) is 6.92 Å². The van der Waals surface area contributed by atoms with Crippen LogP contribution < -0.4 is 5.32 Å². The van der Waals surface area contributed by atoms with Gasteiger partial charge < -0.3 is 10.4 Å². The van der Waals surface area contributed by atoms with Crippen molar-refractivity contribution in [3.63, 3.8) is 0 Å². The standard InChI is InChI=1S/C5H8BrNO3/c1-3(4(8)2-6)7-5(9)10/h3,7H,2H2,1H3,(H,9,10)/t3-/m0/s1. The van der Waals surface area contributed by atoms with Gasteiger partial charge in [0.05, 0.1) is 11.4 Å². The van der Waals surface area contributed by atoms with E-state index in [-0.39, 0.29) is 11.1 Å². The molecule has 2 N–H and O–H groups in total. The Hall–Kier alpha value is -0.580. The first-order valence-corrected chi connectivity index (χ1v) is 3.78. The van der Waals surface area contributed by atoms with Crippen LogP contribution in [0.15, 0.2) is 0 Å². The Morgan fingerprint density at radius 3 is 2.50 bits per heavy atom. The SMILES string of the molecule is C[C@H](NC(=O)O)C(=O)CBr. The first-order valence-electron chi connectivity index (χ1n) is 2.66. The third-order valence-corrected chi connectivity index (χ3v) is 1.51. The molecule has 1 amide bonds. The van der Waals surface area contributed by atoms with Crippen molar-refractivity contribution >= 4 is 27.8 Å². The maximum absolute atomic E-state index is 10.7. The summed E-state index contributed by atoms with van der Waals surface area (Å²) in [5.41, 5.74) is 0. The van der Waals surface area contributed by atoms with E-state index in [1.54, 1.807) is 0 Å². The second-order valence-corrected chi connectivity index (χ2v) is 2.33. The summed E-state index contributed by atoms with van der Waals surface area (Å²) in [7, 11) is 0. The maximum Gasteiger partial charge on any atom is 0.405 e. The molecular formula is C5H8BrNO3. The predicted molar refractivity (Wildman–Crippen MR) is 39.4 cm³/mol. The number of carboxylic acid groups (broad SMARTS) is 1. The van der Waals surface area contributed by atoms with Crippen molar-refractivity contribution in [3.05, 3.63) is 0 Å². The second-order valence-electron chi connectivity index (χ2n) is 1.77. The van der Waals surface area contributed by atoms with Crippen LogP contribution in [-0.2, 0) is 4.79 Å². The van der Waals surface area contributed by atoms with E-state index in [0.717, 1.165) is 0 Å². The summed E-state index contributed by atoms with van der Waals surface area (Å²) < 4.78 is 0. The maximum atomic E-state index is 10.7. The van der Waals surface area contributed by atoms with E-state index < -0.39 is 12.1 Å². The molecule has 0 unspecified atom stereocenters. The zero-order valence-electron chi connectivity index (χ0n) is 5.43. The zero-order chi connectivity index (χ0) is 8.15. The molecule has 0 rings (SSSR count). The molecule has 0 aromatic heterocycles. The van der Waals surface area contributed by atoms with E-state index in [0.29, 0.717) is 0 Å². The molecule has 0 heterocycles. The van der Waals surface area contributed by atoms with Gasteiger partial charge in [-0.25, -0.2) is 4.79 Å². The number of Topliss-reactive ketones (excluding diaryl/α,β-unsaturated/α-hetero) is 1. The molecule has 0 aliphatic carbocycles. The lowest BCUT2D eigenvalue weighted by Crippen LogP contribution is -2.38. The molecule has 0 aromatic rings. The molecule has 58 valence electrons. The number of ketones is 1. The van der Waals surface area contributed by atoms with Crippen molar-refractivity contribution in [1.82, 2.24) is 5.32 Å². The first kappa shape index (κ1) is 9.42. The molecule has 5 heteroatoms. The zero-order valence-corrected chi connectivity index (χ0v) is 7.01. The van der Waals surface area contributed by atoms with Crippen molar-refractivity contribution in [3.8, 4) is 0 Å². The van der Waals surface area contributed by atoms with Crippen LogP contribution in [0.2, 0.25) is 0 Å². The van der Waals surface area contributed by atoms with Crippen LogP contribution in [0.1, 0.15) is 6.92 Å². The fraction of sp³-hybridized carbons (Fsp3) is 0.600. The normalized spacial score (nSPS) is 12.2. The van der Waals surface area contributed by atoms with Crippen LogP contribution in [0.5, 0.6) is 0 Å². The lowest BCUT2D eigenvalue weighted by atomic mass is 10.2. The number of carbonyl (C=O) groups is 2. The fourth-order valence-electron chi connectivity index (χ4n) is 0.381. The highest BCUT2D eigenvalue weighted by atomic mass is 79.9. The van der Waals surface area contributed by atoms with E-state index in [2.05, 4.69) is 15.9 Å². The van der Waals surface area contributed by atoms with Crippen LogP contribution in [0.3, 0.4) is 0 Å². The van der Waals surface area contributed by atoms with E-state index in [1.807, 2.05) is 5.32 Å². The van der Waals surface area contributed by atoms with Crippen molar-refractivity contribution in [2.75, 3.05) is 5.33 Å². The highest BCUT2D eigenvalue weighted by Gasteiger charge is 2.12. The van der Waals surface area contributed by atoms with Gasteiger partial charge in [-0.3, -0.25) is 4.79 Å². The summed E-state index contributed by atoms with van der Waals surface area (Å²) >= 11 is 2.92. The number of amides is 1. The second kappa shape index (κ2) is 4.27. The van der Waals surface area contributed by atoms with E-state index >= 15 is 0 Å². The number of halogens is 1. The Morgan fingerprint density at radius 1 is 1.70 bits per heavy atom. The summed E-state index contributed by atoms with van der Waals surface area (Å²) in [4.78, 5) is 20.6. The van der Waals surface area contributed by atoms with Crippen molar-refractivity contribution in [2.24, 2.45) is 0 Å². The van der Waals surface area contributed by atoms with Gasteiger partial charge in [0.25, 0.3) is 0 Å². The van der Waals surface area contributed by atoms with Gasteiger partial charge in [-0.15, -0.1) is 0 Å². The molecule has 0 saturated carbocycles. The third-order valence-electron chi connectivity index (χ3n) is 0.955. The summed E-state index contributed by atoms with van der Waals surface area (Å²) in [6.45, 7) is 1.50. The van der Waals surface area contributed by atoms with Gasteiger partial charge in [0, 0.05) is 0 Å². The number of carbonyl (C=O) groups excluding carboxylic acids is 1. The molecule has 1 atom stereocenters. The minimum Gasteiger partial charge on any atom is -0.465 e. The Bertz CT molecular complexity index is 148. The van der Waals surface area contributed by atoms with Crippen LogP contribution >= 0.6 is 15.9 Å². The van der Waals surface area contributed by atoms with Gasteiger partial charge in [-0.1, -0.05) is 15.9 Å². The molecule has 0 bridgehead atoms. The molecule has 0 spiro atoms. The van der Waals surface area contributed by atoms with Gasteiger partial charge in [-0.05, 0) is 6.92 Å². The average Bonchev–Trinajstić information content (AvgIpc) is 1.85. The largest absolute Gasteiger partial charge is 0.465 e. The molecule has 0 aliphatic heterocycles. The summed E-state index contributed by atoms with van der Waals surface area (Å²) in [5.74, 6) is -0.178. The lowest BCUT2D eigenvalue weighted by molar-refractivity contribution is -0.117. The topological polar surface area (TPSA) is 66.4 Å². The Labute approximate surface area is 66.7 Å². The van der Waals surface area contributed by atoms with E-state index in [9.17, 15) is 9.59 Å². The molecule has 0 aliphatic rings. The first-order chi connectivity index (χ1) is 4.57. The number of rotatable bonds is 3. The highest BCUT2D eigenvalue weighted by molar-refractivity contribution is 9.09. The van der Waals surface area contributed by atoms with Crippen LogP contribution in [0.4, 0.5) is 4.79 Å². The van der Waals surface area contributed by atoms with Crippen molar-refractivity contribution in [2.45, 2.75) is 13.0 Å². The van der Waals surface area contributed by atoms with Gasteiger partial charge in [0.1, 0.15) is 0 Å². The number of hydrogen-bond acceptors (Lipinski definition) is 2. The molecule has 0 aromatic carbocycles. The molecule has 4 nitrogen and oxygen atoms in total. The van der Waals surface area contributed by atoms with Crippen LogP contribution in [0, 0.1) is 0 Å². The fourth-order valence-corrected chi connectivity index (χ4v) is 0.867. The van der Waals surface area contributed by atoms with Crippen LogP contribution in [0.25, 0.3) is 0 Å². The Kier molecular flexibility index (Phi) is 4.02. The molecule has 0 fully saturated rings. The van der Waals surface area contributed by atoms with Crippen molar-refractivity contribution in [1.29, 1.82) is 0 Å². The number of hydrogen-bond donors (Lipinski definition) is 2. The summed E-state index contributed by atoms with van der Waals surface area (Å²) in [5, 5.41) is 10.4. The van der Waals surface area contributed by atoms with Crippen LogP contribution in [-0.4, -0.2) is 28.4 Å². The Balaban J connectivity index is 3.72. The lowest BCUT2D eigenvalue weighted by Gasteiger charge is -2.06. The minimum absolute atomic E-state index is 0.175. The Morgan fingerprint density at radius 2 is 2.20 bits per heavy atom. The number of alkyl halides is 1. The van der Waals surface area contributed by atoms with Crippen molar-refractivity contribution < 1.29 is 14.7 Å². The highest BCUT2D eigenvalue weighted by Crippen LogP contribution is 1.89. The molecule has 0 radical (unpaired) electrons. The summed E-state index contributed by atoms with van der Waals surface area (Å²) in [6.07, 6.45) is -1.18. The quantitative estimate of drug-likeness (QED) is 0.670. The predicted octanol–water partition coefficient (Wildman–Crippen LogP) is 0.606. The number of nitrogens with one attached hydrogen (secondary N) is 1. The molecule has 0 saturated heterocycles. The van der Waals surface area contributed by atoms with E-state index in [4.69, 9.17) is 5.11 Å². The molecule has 10 heavy (non-hydrogen) atoms. The average molecular weight is 210 g/mol. The summed E-state index contributed by atoms with van der Waals surface area (Å²) in [6, 6.07) is -0.628. The van der Waals surface area contributed by atoms with Gasteiger partial charge in [-0.2, -0.15) is 0 Å². The monoisotopic (exact) mass is 209 g/mol. The van der Waals surface area contributed by atoms with Gasteiger partial charge in [0.2, 0.25) is 0 Å². The van der Waals surface area contributed by atoms with Gasteiger partial charge in [0.15, 0.2) is 5.78 Å². The van der Waals surface area contributed by atoms with Gasteiger partial charge >= 0.3 is 6.09 Å².